The van der Waals surface area contributed by atoms with E-state index in [1.54, 1.807) is 12.1 Å². The Bertz CT molecular complexity index is 850. The lowest BCUT2D eigenvalue weighted by atomic mass is 9.93. The second kappa shape index (κ2) is 6.46. The monoisotopic (exact) mass is 416 g/mol. The third-order valence-electron chi connectivity index (χ3n) is 5.49. The van der Waals surface area contributed by atoms with Crippen LogP contribution in [0.5, 0.6) is 0 Å². The van der Waals surface area contributed by atoms with Crippen molar-refractivity contribution in [1.82, 2.24) is 10.3 Å². The zero-order valence-electron chi connectivity index (χ0n) is 15.2. The van der Waals surface area contributed by atoms with Crippen molar-refractivity contribution in [3.8, 4) is 0 Å². The molecule has 154 valence electrons. The zero-order valence-corrected chi connectivity index (χ0v) is 16.0. The highest BCUT2D eigenvalue weighted by Gasteiger charge is 2.59. The Morgan fingerprint density at radius 3 is 2.71 bits per heavy atom. The van der Waals surface area contributed by atoms with Gasteiger partial charge in [-0.1, -0.05) is 6.08 Å². The van der Waals surface area contributed by atoms with Crippen LogP contribution in [0.25, 0.3) is 5.57 Å². The van der Waals surface area contributed by atoms with E-state index in [-0.39, 0.29) is 19.0 Å². The lowest BCUT2D eigenvalue weighted by molar-refractivity contribution is 0.101. The summed E-state index contributed by atoms with van der Waals surface area (Å²) in [6.45, 7) is -0.140. The summed E-state index contributed by atoms with van der Waals surface area (Å²) in [4.78, 5) is 15.3. The molecule has 11 heteroatoms. The largest absolute Gasteiger partial charge is 0.465 e. The molecule has 0 bridgehead atoms. The first-order chi connectivity index (χ1) is 13.1. The summed E-state index contributed by atoms with van der Waals surface area (Å²) in [6, 6.07) is 3.28. The number of rotatable bonds is 4. The molecule has 1 saturated carbocycles. The number of hydrogen-bond acceptors (Lipinski definition) is 6. The first-order valence-corrected chi connectivity index (χ1v) is 10.4. The number of alkyl halides is 2. The van der Waals surface area contributed by atoms with E-state index in [1.165, 1.54) is 15.7 Å². The second-order valence-corrected chi connectivity index (χ2v) is 9.37. The van der Waals surface area contributed by atoms with E-state index in [2.05, 4.69) is 10.3 Å². The second-order valence-electron chi connectivity index (χ2n) is 7.40. The molecule has 8 nitrogen and oxygen atoms in total. The smallest absolute Gasteiger partial charge is 0.404 e. The maximum Gasteiger partial charge on any atom is 0.404 e. The van der Waals surface area contributed by atoms with Gasteiger partial charge in [0.25, 0.3) is 5.92 Å². The Kier molecular flexibility index (Phi) is 4.43. The van der Waals surface area contributed by atoms with Crippen LogP contribution >= 0.6 is 11.0 Å². The summed E-state index contributed by atoms with van der Waals surface area (Å²) in [6.07, 6.45) is 2.45. The molecule has 1 amide bonds. The van der Waals surface area contributed by atoms with Gasteiger partial charge in [-0.2, -0.15) is 0 Å². The number of hydrogen-bond donors (Lipinski definition) is 4. The number of carbonyl (C=O) groups is 1. The summed E-state index contributed by atoms with van der Waals surface area (Å²) in [5.41, 5.74) is 2.03. The molecule has 28 heavy (non-hydrogen) atoms. The summed E-state index contributed by atoms with van der Waals surface area (Å²) in [5.74, 6) is -3.30. The first kappa shape index (κ1) is 19.2. The molecule has 2 heterocycles. The van der Waals surface area contributed by atoms with Crippen molar-refractivity contribution in [2.45, 2.75) is 37.6 Å². The number of fused-ring (bicyclic) bond motifs is 1. The average molecular weight is 416 g/mol. The number of nitrogens with one attached hydrogen (secondary N) is 1. The molecule has 2 aliphatic carbocycles. The number of anilines is 2. The van der Waals surface area contributed by atoms with Gasteiger partial charge in [-0.15, -0.1) is 0 Å². The van der Waals surface area contributed by atoms with E-state index in [0.717, 1.165) is 5.57 Å². The van der Waals surface area contributed by atoms with Gasteiger partial charge in [0.05, 0.1) is 5.69 Å². The molecule has 0 aromatic carbocycles. The summed E-state index contributed by atoms with van der Waals surface area (Å²) in [7, 11) is -1.94. The van der Waals surface area contributed by atoms with Crippen LogP contribution < -0.4 is 13.9 Å². The van der Waals surface area contributed by atoms with E-state index in [4.69, 9.17) is 5.11 Å². The van der Waals surface area contributed by atoms with Crippen LogP contribution in [-0.2, 0) is 0 Å². The zero-order chi connectivity index (χ0) is 20.3. The van der Waals surface area contributed by atoms with Gasteiger partial charge in [-0.05, 0) is 47.9 Å². The topological polar surface area (TPSA) is 109 Å². The van der Waals surface area contributed by atoms with Crippen LogP contribution in [-0.4, -0.2) is 50.8 Å². The molecule has 0 spiro atoms. The average Bonchev–Trinajstić information content (AvgIpc) is 3.19. The van der Waals surface area contributed by atoms with Crippen LogP contribution in [0.2, 0.25) is 0 Å². The highest BCUT2D eigenvalue weighted by Crippen LogP contribution is 2.62. The summed E-state index contributed by atoms with van der Waals surface area (Å²) >= 11 is 0. The number of carboxylic acid groups (broad SMARTS) is 1. The van der Waals surface area contributed by atoms with Gasteiger partial charge in [-0.3, -0.25) is 9.11 Å². The Morgan fingerprint density at radius 2 is 2.14 bits per heavy atom. The summed E-state index contributed by atoms with van der Waals surface area (Å²) in [5, 5.41) is 11.3. The molecule has 3 aliphatic rings. The minimum atomic E-state index is -3.42. The molecule has 2 atom stereocenters. The Labute approximate surface area is 162 Å². The van der Waals surface area contributed by atoms with Gasteiger partial charge in [0.1, 0.15) is 5.69 Å². The third-order valence-corrected chi connectivity index (χ3v) is 7.34. The van der Waals surface area contributed by atoms with Crippen molar-refractivity contribution in [3.05, 3.63) is 23.9 Å². The van der Waals surface area contributed by atoms with E-state index < -0.39 is 28.9 Å². The van der Waals surface area contributed by atoms with Crippen LogP contribution in [0.1, 0.15) is 31.4 Å². The predicted molar refractivity (Wildman–Crippen MR) is 103 cm³/mol. The van der Waals surface area contributed by atoms with Crippen molar-refractivity contribution in [3.63, 3.8) is 0 Å². The molecule has 1 aliphatic heterocycles. The first-order valence-electron chi connectivity index (χ1n) is 8.97. The molecule has 4 rings (SSSR count). The molecular weight excluding hydrogens is 394 g/mol. The van der Waals surface area contributed by atoms with Crippen molar-refractivity contribution >= 4 is 34.1 Å². The van der Waals surface area contributed by atoms with Gasteiger partial charge in [0.2, 0.25) is 0 Å². The standard InChI is InChI=1S/C17H22F2N4O4S/c1-22-15-14(23(28(22,26)27)9-11-8-17(11,18)19)7-6-13(21-15)10-2-4-12(5-3-10)20-16(24)25/h2,6-7,11-12,20,26-27H,3-5,8-9H2,1H3,(H,24,25). The fraction of sp³-hybridized carbons (Fsp3) is 0.529. The van der Waals surface area contributed by atoms with Gasteiger partial charge in [0, 0.05) is 32.0 Å². The number of allylic oxidation sites excluding steroid dienone is 1. The Hall–Kier alpha value is -2.11. The van der Waals surface area contributed by atoms with E-state index >= 15 is 0 Å². The molecule has 2 unspecified atom stereocenters. The maximum absolute atomic E-state index is 13.3. The summed E-state index contributed by atoms with van der Waals surface area (Å²) < 4.78 is 50.2. The van der Waals surface area contributed by atoms with E-state index in [1.807, 2.05) is 6.08 Å². The predicted octanol–water partition coefficient (Wildman–Crippen LogP) is 3.78. The van der Waals surface area contributed by atoms with Crippen LogP contribution in [0, 0.1) is 5.92 Å². The van der Waals surface area contributed by atoms with Crippen molar-refractivity contribution in [1.29, 1.82) is 0 Å². The SMILES string of the molecule is CN1c2nc(C3=CCC(NC(=O)O)CC3)ccc2N(CC2CC2(F)F)S1(O)O. The molecule has 0 saturated heterocycles. The molecule has 4 N–H and O–H groups in total. The van der Waals surface area contributed by atoms with Crippen molar-refractivity contribution in [2.24, 2.45) is 5.92 Å². The highest BCUT2D eigenvalue weighted by atomic mass is 32.3. The number of amides is 1. The normalized spacial score (nSPS) is 28.4. The van der Waals surface area contributed by atoms with Crippen LogP contribution in [0.4, 0.5) is 25.1 Å². The fourth-order valence-corrected chi connectivity index (χ4v) is 5.13. The molecule has 1 aromatic heterocycles. The quantitative estimate of drug-likeness (QED) is 0.591. The molecular formula is C17H22F2N4O4S. The number of nitrogens with zero attached hydrogens (tertiary/aromatic N) is 3. The highest BCUT2D eigenvalue weighted by molar-refractivity contribution is 8.26. The van der Waals surface area contributed by atoms with Crippen molar-refractivity contribution in [2.75, 3.05) is 22.2 Å². The van der Waals surface area contributed by atoms with Crippen molar-refractivity contribution < 1.29 is 27.8 Å². The van der Waals surface area contributed by atoms with E-state index in [0.29, 0.717) is 36.5 Å². The lowest BCUT2D eigenvalue weighted by Crippen LogP contribution is -2.34. The van der Waals surface area contributed by atoms with Gasteiger partial charge >= 0.3 is 6.09 Å². The Morgan fingerprint density at radius 1 is 1.43 bits per heavy atom. The van der Waals surface area contributed by atoms with Crippen LogP contribution in [0.15, 0.2) is 18.2 Å². The molecule has 1 aromatic rings. The fourth-order valence-electron chi connectivity index (χ4n) is 3.68. The maximum atomic E-state index is 13.3. The molecule has 1 fully saturated rings. The molecule has 0 radical (unpaired) electrons. The third kappa shape index (κ3) is 3.27. The number of pyridine rings is 1. The van der Waals surface area contributed by atoms with Gasteiger partial charge < -0.3 is 10.4 Å². The van der Waals surface area contributed by atoms with E-state index in [9.17, 15) is 22.7 Å². The minimum absolute atomic E-state index is 0.138. The van der Waals surface area contributed by atoms with Gasteiger partial charge in [0.15, 0.2) is 5.82 Å². The Balaban J connectivity index is 1.56. The minimum Gasteiger partial charge on any atom is -0.465 e. The number of halogens is 2. The van der Waals surface area contributed by atoms with Gasteiger partial charge in [-0.25, -0.2) is 27.2 Å². The lowest BCUT2D eigenvalue weighted by Gasteiger charge is -2.41. The number of aromatic nitrogens is 1. The van der Waals surface area contributed by atoms with Crippen LogP contribution in [0.3, 0.4) is 0 Å².